The van der Waals surface area contributed by atoms with E-state index >= 15 is 0 Å². The molecule has 1 aliphatic rings. The van der Waals surface area contributed by atoms with Crippen LogP contribution in [0.4, 0.5) is 5.69 Å². The molecule has 27 heavy (non-hydrogen) atoms. The third-order valence-electron chi connectivity index (χ3n) is 4.49. The Balaban J connectivity index is 1.34. The smallest absolute Gasteiger partial charge is 0.291 e. The topological polar surface area (TPSA) is 78.5 Å². The van der Waals surface area contributed by atoms with Crippen molar-refractivity contribution in [1.29, 1.82) is 0 Å². The van der Waals surface area contributed by atoms with Gasteiger partial charge in [0.15, 0.2) is 5.76 Å². The van der Waals surface area contributed by atoms with E-state index in [1.807, 2.05) is 6.07 Å². The summed E-state index contributed by atoms with van der Waals surface area (Å²) in [6.45, 7) is 0.596. The molecule has 7 nitrogen and oxygen atoms in total. The number of rotatable bonds is 7. The number of amides is 1. The maximum Gasteiger partial charge on any atom is 0.291 e. The van der Waals surface area contributed by atoms with Crippen molar-refractivity contribution in [3.63, 3.8) is 0 Å². The molecule has 1 amide bonds. The summed E-state index contributed by atoms with van der Waals surface area (Å²) in [5.41, 5.74) is 3.35. The SMILES string of the molecule is COCn1cc(NC(=O)c2ccc(COc3ccc4c(c3)CCC4)o2)cn1. The van der Waals surface area contributed by atoms with Gasteiger partial charge in [-0.15, -0.1) is 0 Å². The van der Waals surface area contributed by atoms with Gasteiger partial charge in [0.05, 0.1) is 18.1 Å². The third-order valence-corrected chi connectivity index (χ3v) is 4.49. The fourth-order valence-corrected chi connectivity index (χ4v) is 3.19. The van der Waals surface area contributed by atoms with E-state index in [9.17, 15) is 4.79 Å². The fraction of sp³-hybridized carbons (Fsp3) is 0.300. The number of carbonyl (C=O) groups is 1. The molecule has 0 saturated carbocycles. The molecule has 1 aliphatic carbocycles. The second kappa shape index (κ2) is 7.67. The molecule has 140 valence electrons. The van der Waals surface area contributed by atoms with Gasteiger partial charge in [0.2, 0.25) is 0 Å². The number of nitrogens with one attached hydrogen (secondary N) is 1. The van der Waals surface area contributed by atoms with E-state index in [0.717, 1.165) is 18.6 Å². The lowest BCUT2D eigenvalue weighted by atomic mass is 10.1. The first-order valence-corrected chi connectivity index (χ1v) is 8.87. The predicted octanol–water partition coefficient (Wildman–Crippen LogP) is 3.40. The third kappa shape index (κ3) is 4.03. The summed E-state index contributed by atoms with van der Waals surface area (Å²) < 4.78 is 18.0. The summed E-state index contributed by atoms with van der Waals surface area (Å²) in [7, 11) is 1.58. The number of anilines is 1. The van der Waals surface area contributed by atoms with Crippen LogP contribution in [0, 0.1) is 0 Å². The molecule has 0 spiro atoms. The summed E-state index contributed by atoms with van der Waals surface area (Å²) in [4.78, 5) is 12.3. The van der Waals surface area contributed by atoms with Crippen LogP contribution < -0.4 is 10.1 Å². The van der Waals surface area contributed by atoms with E-state index in [4.69, 9.17) is 13.9 Å². The highest BCUT2D eigenvalue weighted by molar-refractivity contribution is 6.02. The number of hydrogen-bond donors (Lipinski definition) is 1. The van der Waals surface area contributed by atoms with E-state index in [2.05, 4.69) is 22.5 Å². The van der Waals surface area contributed by atoms with Crippen molar-refractivity contribution >= 4 is 11.6 Å². The average Bonchev–Trinajstić information content (AvgIpc) is 3.40. The van der Waals surface area contributed by atoms with Crippen LogP contribution in [-0.2, 0) is 30.9 Å². The number of nitrogens with zero attached hydrogens (tertiary/aromatic N) is 2. The van der Waals surface area contributed by atoms with Crippen LogP contribution in [0.1, 0.15) is 33.9 Å². The highest BCUT2D eigenvalue weighted by Gasteiger charge is 2.14. The van der Waals surface area contributed by atoms with Crippen molar-refractivity contribution in [2.24, 2.45) is 0 Å². The minimum absolute atomic E-state index is 0.224. The zero-order valence-corrected chi connectivity index (χ0v) is 15.1. The Morgan fingerprint density at radius 2 is 2.15 bits per heavy atom. The van der Waals surface area contributed by atoms with Gasteiger partial charge in [0.1, 0.15) is 24.8 Å². The second-order valence-corrected chi connectivity index (χ2v) is 6.48. The van der Waals surface area contributed by atoms with Crippen molar-refractivity contribution in [2.75, 3.05) is 12.4 Å². The van der Waals surface area contributed by atoms with Gasteiger partial charge in [0, 0.05) is 7.11 Å². The molecule has 0 bridgehead atoms. The lowest BCUT2D eigenvalue weighted by Crippen LogP contribution is -2.10. The van der Waals surface area contributed by atoms with E-state index in [0.29, 0.717) is 18.2 Å². The molecule has 0 atom stereocenters. The Bertz CT molecular complexity index is 944. The van der Waals surface area contributed by atoms with Crippen molar-refractivity contribution in [3.05, 3.63) is 65.4 Å². The first-order chi connectivity index (χ1) is 13.2. The van der Waals surface area contributed by atoms with Gasteiger partial charge in [-0.05, 0) is 54.7 Å². The molecule has 1 aromatic carbocycles. The first kappa shape index (κ1) is 17.4. The first-order valence-electron chi connectivity index (χ1n) is 8.87. The highest BCUT2D eigenvalue weighted by atomic mass is 16.5. The maximum absolute atomic E-state index is 12.3. The molecule has 0 unspecified atom stereocenters. The number of aryl methyl sites for hydroxylation is 2. The summed E-state index contributed by atoms with van der Waals surface area (Å²) in [6.07, 6.45) is 6.70. The molecule has 2 heterocycles. The number of ether oxygens (including phenoxy) is 2. The monoisotopic (exact) mass is 367 g/mol. The molecule has 4 rings (SSSR count). The van der Waals surface area contributed by atoms with Crippen LogP contribution in [0.2, 0.25) is 0 Å². The molecule has 0 saturated heterocycles. The lowest BCUT2D eigenvalue weighted by Gasteiger charge is -2.06. The molecular weight excluding hydrogens is 346 g/mol. The van der Waals surface area contributed by atoms with Gasteiger partial charge in [-0.25, -0.2) is 4.68 Å². The molecule has 0 aliphatic heterocycles. The maximum atomic E-state index is 12.3. The van der Waals surface area contributed by atoms with E-state index < -0.39 is 0 Å². The average molecular weight is 367 g/mol. The second-order valence-electron chi connectivity index (χ2n) is 6.48. The number of benzene rings is 1. The van der Waals surface area contributed by atoms with Crippen LogP contribution in [0.25, 0.3) is 0 Å². The summed E-state index contributed by atoms with van der Waals surface area (Å²) in [5, 5.41) is 6.81. The summed E-state index contributed by atoms with van der Waals surface area (Å²) in [5.74, 6) is 1.30. The highest BCUT2D eigenvalue weighted by Crippen LogP contribution is 2.26. The van der Waals surface area contributed by atoms with Crippen molar-refractivity contribution in [2.45, 2.75) is 32.6 Å². The predicted molar refractivity (Wildman–Crippen MR) is 98.7 cm³/mol. The molecule has 1 N–H and O–H groups in total. The van der Waals surface area contributed by atoms with Crippen LogP contribution in [-0.4, -0.2) is 22.8 Å². The Labute approximate surface area is 156 Å². The largest absolute Gasteiger partial charge is 0.486 e. The zero-order valence-electron chi connectivity index (χ0n) is 15.1. The number of fused-ring (bicyclic) bond motifs is 1. The number of carbonyl (C=O) groups excluding carboxylic acids is 1. The van der Waals surface area contributed by atoms with Crippen LogP contribution in [0.5, 0.6) is 5.75 Å². The Kier molecular flexibility index (Phi) is 4.93. The number of aromatic nitrogens is 2. The molecule has 0 fully saturated rings. The normalized spacial score (nSPS) is 12.8. The van der Waals surface area contributed by atoms with Crippen molar-refractivity contribution in [3.8, 4) is 5.75 Å². The van der Waals surface area contributed by atoms with Crippen LogP contribution in [0.15, 0.2) is 47.1 Å². The molecule has 0 radical (unpaired) electrons. The Morgan fingerprint density at radius 1 is 1.26 bits per heavy atom. The lowest BCUT2D eigenvalue weighted by molar-refractivity contribution is 0.0992. The molecular formula is C20H21N3O4. The molecule has 7 heteroatoms. The molecule has 2 aromatic heterocycles. The standard InChI is InChI=1S/C20H21N3O4/c1-25-13-23-11-16(10-21-23)22-20(24)19-8-7-18(27-19)12-26-17-6-5-14-3-2-4-15(14)9-17/h5-11H,2-4,12-13H2,1H3,(H,22,24). The van der Waals surface area contributed by atoms with E-state index in [1.165, 1.54) is 17.5 Å². The van der Waals surface area contributed by atoms with Gasteiger partial charge in [-0.2, -0.15) is 5.10 Å². The quantitative estimate of drug-likeness (QED) is 0.692. The molecule has 3 aromatic rings. The number of methoxy groups -OCH3 is 1. The van der Waals surface area contributed by atoms with Crippen LogP contribution >= 0.6 is 0 Å². The number of hydrogen-bond acceptors (Lipinski definition) is 5. The summed E-state index contributed by atoms with van der Waals surface area (Å²) >= 11 is 0. The van der Waals surface area contributed by atoms with Crippen molar-refractivity contribution in [1.82, 2.24) is 9.78 Å². The van der Waals surface area contributed by atoms with E-state index in [1.54, 1.807) is 36.3 Å². The van der Waals surface area contributed by atoms with Crippen molar-refractivity contribution < 1.29 is 18.7 Å². The van der Waals surface area contributed by atoms with Crippen LogP contribution in [0.3, 0.4) is 0 Å². The Hall–Kier alpha value is -3.06. The minimum atomic E-state index is -0.337. The number of furan rings is 1. The Morgan fingerprint density at radius 3 is 3.04 bits per heavy atom. The van der Waals surface area contributed by atoms with Gasteiger partial charge < -0.3 is 19.2 Å². The zero-order chi connectivity index (χ0) is 18.6. The van der Waals surface area contributed by atoms with Gasteiger partial charge in [-0.3, -0.25) is 4.79 Å². The fourth-order valence-electron chi connectivity index (χ4n) is 3.19. The minimum Gasteiger partial charge on any atom is -0.486 e. The van der Waals surface area contributed by atoms with Gasteiger partial charge in [-0.1, -0.05) is 6.07 Å². The van der Waals surface area contributed by atoms with Gasteiger partial charge >= 0.3 is 0 Å². The van der Waals surface area contributed by atoms with Gasteiger partial charge in [0.25, 0.3) is 5.91 Å². The summed E-state index contributed by atoms with van der Waals surface area (Å²) in [6, 6.07) is 9.59. The van der Waals surface area contributed by atoms with E-state index in [-0.39, 0.29) is 18.3 Å².